The second kappa shape index (κ2) is 6.00. The van der Waals surface area contributed by atoms with Crippen molar-refractivity contribution in [3.8, 4) is 12.1 Å². The van der Waals surface area contributed by atoms with E-state index in [4.69, 9.17) is 10.5 Å². The summed E-state index contributed by atoms with van der Waals surface area (Å²) >= 11 is 0. The van der Waals surface area contributed by atoms with E-state index in [-0.39, 0.29) is 31.1 Å². The van der Waals surface area contributed by atoms with Crippen LogP contribution in [0.25, 0.3) is 0 Å². The highest BCUT2D eigenvalue weighted by Gasteiger charge is 2.16. The Bertz CT molecular complexity index is 276. The topological polar surface area (TPSA) is 79.9 Å². The van der Waals surface area contributed by atoms with Gasteiger partial charge < -0.3 is 10.2 Å². The number of rotatable bonds is 4. The maximum Gasteiger partial charge on any atom is 0.238 e. The summed E-state index contributed by atoms with van der Waals surface area (Å²) < 4.78 is 0. The Morgan fingerprint density at radius 3 is 2.07 bits per heavy atom. The molecule has 1 amide bonds. The fourth-order valence-corrected chi connectivity index (χ4v) is 0.856. The zero-order chi connectivity index (χ0) is 11.9. The standard InChI is InChI=1S/C10H16N4O/c1-10(2,3)13-8-9(15)14(6-4-11)7-5-12/h13H,6-8H2,1-3H3. The van der Waals surface area contributed by atoms with Crippen LogP contribution in [0.4, 0.5) is 0 Å². The molecule has 1 N–H and O–H groups in total. The van der Waals surface area contributed by atoms with Crippen molar-refractivity contribution in [1.82, 2.24) is 10.2 Å². The molecule has 0 saturated heterocycles. The maximum atomic E-state index is 11.5. The Labute approximate surface area is 90.3 Å². The van der Waals surface area contributed by atoms with E-state index in [2.05, 4.69) is 5.32 Å². The van der Waals surface area contributed by atoms with E-state index < -0.39 is 0 Å². The van der Waals surface area contributed by atoms with Crippen molar-refractivity contribution in [3.05, 3.63) is 0 Å². The molecule has 0 unspecified atom stereocenters. The molecule has 5 nitrogen and oxygen atoms in total. The van der Waals surface area contributed by atoms with Gasteiger partial charge in [-0.25, -0.2) is 0 Å². The van der Waals surface area contributed by atoms with Gasteiger partial charge in [-0.1, -0.05) is 0 Å². The Hall–Kier alpha value is -1.59. The largest absolute Gasteiger partial charge is 0.315 e. The first-order valence-corrected chi connectivity index (χ1v) is 4.67. The average Bonchev–Trinajstić information content (AvgIpc) is 2.13. The highest BCUT2D eigenvalue weighted by molar-refractivity contribution is 5.78. The predicted molar refractivity (Wildman–Crippen MR) is 55.6 cm³/mol. The van der Waals surface area contributed by atoms with Crippen LogP contribution in [-0.4, -0.2) is 36.0 Å². The van der Waals surface area contributed by atoms with Crippen LogP contribution in [0, 0.1) is 22.7 Å². The van der Waals surface area contributed by atoms with Gasteiger partial charge in [0, 0.05) is 5.54 Å². The Morgan fingerprint density at radius 2 is 1.73 bits per heavy atom. The lowest BCUT2D eigenvalue weighted by molar-refractivity contribution is -0.129. The van der Waals surface area contributed by atoms with E-state index in [1.165, 1.54) is 4.90 Å². The number of hydrogen-bond acceptors (Lipinski definition) is 4. The number of nitrogens with zero attached hydrogens (tertiary/aromatic N) is 3. The van der Waals surface area contributed by atoms with Crippen molar-refractivity contribution in [2.24, 2.45) is 0 Å². The van der Waals surface area contributed by atoms with Crippen LogP contribution in [0.5, 0.6) is 0 Å². The molecule has 5 heteroatoms. The summed E-state index contributed by atoms with van der Waals surface area (Å²) in [6, 6.07) is 3.71. The third kappa shape index (κ3) is 6.48. The molecule has 82 valence electrons. The molecule has 0 heterocycles. The van der Waals surface area contributed by atoms with Gasteiger partial charge in [0.1, 0.15) is 13.1 Å². The van der Waals surface area contributed by atoms with Crippen molar-refractivity contribution >= 4 is 5.91 Å². The number of amides is 1. The highest BCUT2D eigenvalue weighted by Crippen LogP contribution is 1.98. The molecular formula is C10H16N4O. The normalized spacial score (nSPS) is 10.2. The molecule has 0 aliphatic rings. The van der Waals surface area contributed by atoms with Gasteiger partial charge >= 0.3 is 0 Å². The van der Waals surface area contributed by atoms with E-state index in [0.717, 1.165) is 0 Å². The average molecular weight is 208 g/mol. The summed E-state index contributed by atoms with van der Waals surface area (Å²) in [5.41, 5.74) is -0.152. The minimum absolute atomic E-state index is 0.0434. The first-order chi connectivity index (χ1) is 6.90. The third-order valence-corrected chi connectivity index (χ3v) is 1.65. The maximum absolute atomic E-state index is 11.5. The van der Waals surface area contributed by atoms with Gasteiger partial charge in [-0.15, -0.1) is 0 Å². The Balaban J connectivity index is 4.17. The Morgan fingerprint density at radius 1 is 1.27 bits per heavy atom. The predicted octanol–water partition coefficient (Wildman–Crippen LogP) is 0.250. The van der Waals surface area contributed by atoms with Crippen LogP contribution in [0.15, 0.2) is 0 Å². The van der Waals surface area contributed by atoms with Crippen molar-refractivity contribution < 1.29 is 4.79 Å². The van der Waals surface area contributed by atoms with E-state index >= 15 is 0 Å². The van der Waals surface area contributed by atoms with E-state index in [9.17, 15) is 4.79 Å². The molecule has 0 bridgehead atoms. The minimum Gasteiger partial charge on any atom is -0.315 e. The first-order valence-electron chi connectivity index (χ1n) is 4.67. The lowest BCUT2D eigenvalue weighted by Crippen LogP contribution is -2.45. The van der Waals surface area contributed by atoms with Gasteiger partial charge in [0.2, 0.25) is 5.91 Å². The van der Waals surface area contributed by atoms with Crippen LogP contribution in [0.1, 0.15) is 20.8 Å². The monoisotopic (exact) mass is 208 g/mol. The molecule has 0 aromatic carbocycles. The van der Waals surface area contributed by atoms with Crippen LogP contribution in [0.3, 0.4) is 0 Å². The lowest BCUT2D eigenvalue weighted by atomic mass is 10.1. The number of nitriles is 2. The molecule has 15 heavy (non-hydrogen) atoms. The molecule has 0 saturated carbocycles. The summed E-state index contributed by atoms with van der Waals surface area (Å²) in [5.74, 6) is -0.229. The quantitative estimate of drug-likeness (QED) is 0.671. The second-order valence-corrected chi connectivity index (χ2v) is 4.17. The molecule has 0 atom stereocenters. The van der Waals surface area contributed by atoms with E-state index in [1.54, 1.807) is 0 Å². The number of carbonyl (C=O) groups is 1. The third-order valence-electron chi connectivity index (χ3n) is 1.65. The van der Waals surface area contributed by atoms with Crippen LogP contribution in [0.2, 0.25) is 0 Å². The van der Waals surface area contributed by atoms with Crippen molar-refractivity contribution in [3.63, 3.8) is 0 Å². The molecule has 0 rings (SSSR count). The van der Waals surface area contributed by atoms with E-state index in [1.807, 2.05) is 32.9 Å². The van der Waals surface area contributed by atoms with Gasteiger partial charge in [0.25, 0.3) is 0 Å². The van der Waals surface area contributed by atoms with E-state index in [0.29, 0.717) is 0 Å². The van der Waals surface area contributed by atoms with Gasteiger partial charge in [-0.05, 0) is 20.8 Å². The Kier molecular flexibility index (Phi) is 5.36. The molecule has 0 radical (unpaired) electrons. The summed E-state index contributed by atoms with van der Waals surface area (Å²) in [4.78, 5) is 12.8. The van der Waals surface area contributed by atoms with Crippen LogP contribution in [-0.2, 0) is 4.79 Å². The van der Waals surface area contributed by atoms with Gasteiger partial charge in [0.15, 0.2) is 0 Å². The van der Waals surface area contributed by atoms with Crippen LogP contribution < -0.4 is 5.32 Å². The minimum atomic E-state index is -0.229. The smallest absolute Gasteiger partial charge is 0.238 e. The van der Waals surface area contributed by atoms with Gasteiger partial charge in [-0.2, -0.15) is 10.5 Å². The molecule has 0 aliphatic heterocycles. The fourth-order valence-electron chi connectivity index (χ4n) is 0.856. The highest BCUT2D eigenvalue weighted by atomic mass is 16.2. The summed E-state index contributed by atoms with van der Waals surface area (Å²) in [6.45, 7) is 5.89. The summed E-state index contributed by atoms with van der Waals surface area (Å²) in [5, 5.41) is 19.9. The second-order valence-electron chi connectivity index (χ2n) is 4.17. The zero-order valence-corrected chi connectivity index (χ0v) is 9.37. The molecule has 0 spiro atoms. The molecule has 0 fully saturated rings. The first kappa shape index (κ1) is 13.4. The molecule has 0 aromatic rings. The van der Waals surface area contributed by atoms with Gasteiger partial charge in [0.05, 0.1) is 18.7 Å². The molecule has 0 aromatic heterocycles. The number of carbonyl (C=O) groups excluding carboxylic acids is 1. The fraction of sp³-hybridized carbons (Fsp3) is 0.700. The van der Waals surface area contributed by atoms with Gasteiger partial charge in [-0.3, -0.25) is 4.79 Å². The summed E-state index contributed by atoms with van der Waals surface area (Å²) in [7, 11) is 0. The number of nitrogens with one attached hydrogen (secondary N) is 1. The van der Waals surface area contributed by atoms with Crippen molar-refractivity contribution in [2.75, 3.05) is 19.6 Å². The van der Waals surface area contributed by atoms with Crippen LogP contribution >= 0.6 is 0 Å². The number of hydrogen-bond donors (Lipinski definition) is 1. The summed E-state index contributed by atoms with van der Waals surface area (Å²) in [6.07, 6.45) is 0. The van der Waals surface area contributed by atoms with Crippen molar-refractivity contribution in [2.45, 2.75) is 26.3 Å². The van der Waals surface area contributed by atoms with Crippen molar-refractivity contribution in [1.29, 1.82) is 10.5 Å². The SMILES string of the molecule is CC(C)(C)NCC(=O)N(CC#N)CC#N. The lowest BCUT2D eigenvalue weighted by Gasteiger charge is -2.22. The molecular weight excluding hydrogens is 192 g/mol. The molecule has 0 aliphatic carbocycles. The zero-order valence-electron chi connectivity index (χ0n) is 9.37.